The van der Waals surface area contributed by atoms with Crippen LogP contribution in [0.3, 0.4) is 0 Å². The zero-order valence-corrected chi connectivity index (χ0v) is 13.7. The Balaban J connectivity index is 1.71. The van der Waals surface area contributed by atoms with Crippen molar-refractivity contribution in [1.29, 1.82) is 0 Å². The number of aryl methyl sites for hydroxylation is 1. The molecular formula is C19H23NO3. The Kier molecular flexibility index (Phi) is 3.26. The predicted octanol–water partition coefficient (Wildman–Crippen LogP) is 3.56. The minimum atomic E-state index is -0.327. The summed E-state index contributed by atoms with van der Waals surface area (Å²) in [5.41, 5.74) is 2.89. The van der Waals surface area contributed by atoms with Crippen molar-refractivity contribution in [2.24, 2.45) is 22.4 Å². The summed E-state index contributed by atoms with van der Waals surface area (Å²) in [5, 5.41) is 12.5. The van der Waals surface area contributed by atoms with Gasteiger partial charge in [-0.25, -0.2) is 0 Å². The van der Waals surface area contributed by atoms with Gasteiger partial charge in [0.05, 0.1) is 7.11 Å². The number of methoxy groups -OCH3 is 1. The first-order valence-corrected chi connectivity index (χ1v) is 8.51. The first-order valence-electron chi connectivity index (χ1n) is 8.51. The zero-order chi connectivity index (χ0) is 16.2. The van der Waals surface area contributed by atoms with Crippen LogP contribution in [0.2, 0.25) is 0 Å². The van der Waals surface area contributed by atoms with E-state index in [1.54, 1.807) is 7.11 Å². The molecule has 4 rings (SSSR count). The average molecular weight is 313 g/mol. The lowest BCUT2D eigenvalue weighted by molar-refractivity contribution is -0.125. The summed E-state index contributed by atoms with van der Waals surface area (Å²) >= 11 is 0. The minimum Gasteiger partial charge on any atom is -0.497 e. The van der Waals surface area contributed by atoms with Gasteiger partial charge in [-0.1, -0.05) is 18.1 Å². The number of rotatable bonds is 1. The minimum absolute atomic E-state index is 0.0731. The number of carbonyl (C=O) groups is 1. The third-order valence-corrected chi connectivity index (χ3v) is 6.64. The lowest BCUT2D eigenvalue weighted by atomic mass is 9.55. The quantitative estimate of drug-likeness (QED) is 0.637. The number of nitrogens with zero attached hydrogens (tertiary/aromatic N) is 1. The van der Waals surface area contributed by atoms with Crippen molar-refractivity contribution in [1.82, 2.24) is 0 Å². The van der Waals surface area contributed by atoms with Crippen molar-refractivity contribution < 1.29 is 14.7 Å². The van der Waals surface area contributed by atoms with Gasteiger partial charge in [-0.15, -0.1) is 0 Å². The van der Waals surface area contributed by atoms with Crippen LogP contribution in [0.5, 0.6) is 5.75 Å². The molecule has 23 heavy (non-hydrogen) atoms. The molecule has 2 saturated carbocycles. The lowest BCUT2D eigenvalue weighted by Gasteiger charge is -2.47. The molecule has 2 fully saturated rings. The van der Waals surface area contributed by atoms with Gasteiger partial charge in [0.25, 0.3) is 0 Å². The number of hydrogen-bond acceptors (Lipinski definition) is 4. The molecule has 4 atom stereocenters. The summed E-state index contributed by atoms with van der Waals surface area (Å²) in [6.45, 7) is 2.08. The third-order valence-electron chi connectivity index (χ3n) is 6.64. The number of carbonyl (C=O) groups excluding carboxylic acids is 1. The number of ketones is 1. The molecule has 122 valence electrons. The van der Waals surface area contributed by atoms with E-state index in [9.17, 15) is 4.79 Å². The summed E-state index contributed by atoms with van der Waals surface area (Å²) in [5.74, 6) is 2.35. The standard InChI is InChI=1S/C19H23NO3/c1-19-8-7-14-13-6-4-12(23-2)9-11(13)3-5-15(14)16(19)10-17(20-22)18(19)21/h4,6,9,14-16,22H,3,5,7-8,10H2,1-2H3/b20-17+/t14-,15+,16+,19-/m1/s1. The van der Waals surface area contributed by atoms with Gasteiger partial charge in [-0.05, 0) is 66.7 Å². The largest absolute Gasteiger partial charge is 0.497 e. The zero-order valence-electron chi connectivity index (χ0n) is 13.7. The highest BCUT2D eigenvalue weighted by molar-refractivity contribution is 6.43. The molecule has 0 unspecified atom stereocenters. The van der Waals surface area contributed by atoms with E-state index in [2.05, 4.69) is 30.3 Å². The number of fused-ring (bicyclic) bond motifs is 5. The Bertz CT molecular complexity index is 696. The molecule has 0 saturated heterocycles. The molecule has 4 nitrogen and oxygen atoms in total. The number of Topliss-reactive ketones (excluding diaryl/α,β-unsaturated/α-hetero) is 1. The van der Waals surface area contributed by atoms with Crippen molar-refractivity contribution in [2.75, 3.05) is 7.11 Å². The van der Waals surface area contributed by atoms with E-state index in [1.807, 2.05) is 0 Å². The second-order valence-corrected chi connectivity index (χ2v) is 7.52. The maximum absolute atomic E-state index is 12.6. The van der Waals surface area contributed by atoms with E-state index in [-0.39, 0.29) is 11.2 Å². The summed E-state index contributed by atoms with van der Waals surface area (Å²) in [6.07, 6.45) is 4.72. The molecule has 3 aliphatic carbocycles. The fourth-order valence-electron chi connectivity index (χ4n) is 5.38. The molecule has 0 spiro atoms. The molecule has 4 heteroatoms. The molecule has 1 aromatic rings. The molecule has 0 aromatic heterocycles. The maximum atomic E-state index is 12.6. The summed E-state index contributed by atoms with van der Waals surface area (Å²) in [6, 6.07) is 6.43. The van der Waals surface area contributed by atoms with E-state index in [0.717, 1.165) is 31.4 Å². The molecular weight excluding hydrogens is 290 g/mol. The molecule has 0 bridgehead atoms. The Labute approximate surface area is 136 Å². The highest BCUT2D eigenvalue weighted by atomic mass is 16.5. The number of ether oxygens (including phenoxy) is 1. The number of hydrogen-bond donors (Lipinski definition) is 1. The van der Waals surface area contributed by atoms with Crippen LogP contribution < -0.4 is 4.74 Å². The second-order valence-electron chi connectivity index (χ2n) is 7.52. The smallest absolute Gasteiger partial charge is 0.186 e. The number of benzene rings is 1. The van der Waals surface area contributed by atoms with Gasteiger partial charge < -0.3 is 9.94 Å². The first-order chi connectivity index (χ1) is 11.1. The monoisotopic (exact) mass is 313 g/mol. The van der Waals surface area contributed by atoms with Crippen molar-refractivity contribution in [3.05, 3.63) is 29.3 Å². The summed E-state index contributed by atoms with van der Waals surface area (Å²) in [7, 11) is 1.71. The first kappa shape index (κ1) is 14.7. The summed E-state index contributed by atoms with van der Waals surface area (Å²) < 4.78 is 5.36. The van der Waals surface area contributed by atoms with E-state index >= 15 is 0 Å². The Morgan fingerprint density at radius 2 is 2.17 bits per heavy atom. The topological polar surface area (TPSA) is 58.9 Å². The molecule has 0 amide bonds. The van der Waals surface area contributed by atoms with Gasteiger partial charge in [0, 0.05) is 11.8 Å². The van der Waals surface area contributed by atoms with Crippen LogP contribution >= 0.6 is 0 Å². The third kappa shape index (κ3) is 1.97. The van der Waals surface area contributed by atoms with Crippen molar-refractivity contribution in [3.8, 4) is 5.75 Å². The lowest BCUT2D eigenvalue weighted by Crippen LogP contribution is -2.42. The average Bonchev–Trinajstić information content (AvgIpc) is 2.85. The van der Waals surface area contributed by atoms with Crippen LogP contribution in [0.1, 0.15) is 49.7 Å². The molecule has 1 N–H and O–H groups in total. The molecule has 1 aromatic carbocycles. The van der Waals surface area contributed by atoms with Gasteiger partial charge in [-0.2, -0.15) is 0 Å². The number of oxime groups is 1. The SMILES string of the molecule is COc1ccc2c(c1)CC[C@H]1[C@@H]2CC[C@@]2(C)C(=O)/C(=N/O)C[C@@H]12. The molecule has 0 heterocycles. The van der Waals surface area contributed by atoms with Crippen molar-refractivity contribution in [3.63, 3.8) is 0 Å². The van der Waals surface area contributed by atoms with Gasteiger partial charge in [0.15, 0.2) is 5.78 Å². The van der Waals surface area contributed by atoms with Crippen LogP contribution in [-0.4, -0.2) is 23.8 Å². The second kappa shape index (κ2) is 5.08. The Morgan fingerprint density at radius 1 is 1.35 bits per heavy atom. The van der Waals surface area contributed by atoms with E-state index in [4.69, 9.17) is 9.94 Å². The van der Waals surface area contributed by atoms with E-state index in [0.29, 0.717) is 29.9 Å². The fraction of sp³-hybridized carbons (Fsp3) is 0.579. The summed E-state index contributed by atoms with van der Waals surface area (Å²) in [4.78, 5) is 12.6. The van der Waals surface area contributed by atoms with Crippen molar-refractivity contribution in [2.45, 2.75) is 44.9 Å². The van der Waals surface area contributed by atoms with Crippen LogP contribution in [-0.2, 0) is 11.2 Å². The normalized spacial score (nSPS) is 37.2. The predicted molar refractivity (Wildman–Crippen MR) is 87.2 cm³/mol. The Morgan fingerprint density at radius 3 is 2.91 bits per heavy atom. The fourth-order valence-corrected chi connectivity index (χ4v) is 5.38. The van der Waals surface area contributed by atoms with Crippen LogP contribution in [0.25, 0.3) is 0 Å². The van der Waals surface area contributed by atoms with Crippen LogP contribution in [0.15, 0.2) is 23.4 Å². The molecule has 3 aliphatic rings. The van der Waals surface area contributed by atoms with Crippen molar-refractivity contribution >= 4 is 11.5 Å². The highest BCUT2D eigenvalue weighted by Gasteiger charge is 2.57. The van der Waals surface area contributed by atoms with E-state index < -0.39 is 0 Å². The van der Waals surface area contributed by atoms with E-state index in [1.165, 1.54) is 11.1 Å². The van der Waals surface area contributed by atoms with Gasteiger partial charge in [-0.3, -0.25) is 4.79 Å². The highest BCUT2D eigenvalue weighted by Crippen LogP contribution is 2.59. The molecule has 0 radical (unpaired) electrons. The van der Waals surface area contributed by atoms with Gasteiger partial charge >= 0.3 is 0 Å². The maximum Gasteiger partial charge on any atom is 0.186 e. The van der Waals surface area contributed by atoms with Crippen LogP contribution in [0, 0.1) is 17.3 Å². The van der Waals surface area contributed by atoms with Gasteiger partial charge in [0.1, 0.15) is 11.5 Å². The Hall–Kier alpha value is -1.84. The van der Waals surface area contributed by atoms with Gasteiger partial charge in [0.2, 0.25) is 0 Å². The van der Waals surface area contributed by atoms with Crippen LogP contribution in [0.4, 0.5) is 0 Å². The molecule has 0 aliphatic heterocycles.